The minimum atomic E-state index is -1.01. The van der Waals surface area contributed by atoms with Crippen LogP contribution in [0.1, 0.15) is 15.9 Å². The maximum atomic E-state index is 10.9. The summed E-state index contributed by atoms with van der Waals surface area (Å²) in [5.74, 6) is -1.01. The third-order valence-corrected chi connectivity index (χ3v) is 3.42. The summed E-state index contributed by atoms with van der Waals surface area (Å²) in [5, 5.41) is 8.93. The van der Waals surface area contributed by atoms with Crippen molar-refractivity contribution in [2.24, 2.45) is 0 Å². The lowest BCUT2D eigenvalue weighted by Crippen LogP contribution is -1.94. The van der Waals surface area contributed by atoms with E-state index in [0.717, 1.165) is 10.0 Å². The Bertz CT molecular complexity index is 795. The molecule has 0 radical (unpaired) electrons. The van der Waals surface area contributed by atoms with Gasteiger partial charge in [0.05, 0.1) is 5.56 Å². The van der Waals surface area contributed by atoms with Crippen LogP contribution in [0.25, 0.3) is 11.1 Å². The van der Waals surface area contributed by atoms with Crippen LogP contribution in [0.3, 0.4) is 0 Å². The van der Waals surface area contributed by atoms with Crippen LogP contribution in [-0.4, -0.2) is 16.1 Å². The first kappa shape index (κ1) is 13.6. The van der Waals surface area contributed by atoms with Crippen LogP contribution in [0.5, 0.6) is 6.08 Å². The summed E-state index contributed by atoms with van der Waals surface area (Å²) in [6.45, 7) is 0.325. The molecule has 0 unspecified atom stereocenters. The SMILES string of the molecule is O=C(O)c1ccc2nc(OCc3ccc(Br)cc3)oc2c1. The van der Waals surface area contributed by atoms with E-state index >= 15 is 0 Å². The van der Waals surface area contributed by atoms with E-state index in [9.17, 15) is 4.79 Å². The zero-order valence-electron chi connectivity index (χ0n) is 10.7. The molecule has 5 nitrogen and oxygen atoms in total. The molecule has 0 atom stereocenters. The van der Waals surface area contributed by atoms with Crippen molar-refractivity contribution >= 4 is 33.0 Å². The minimum absolute atomic E-state index is 0.121. The molecule has 0 saturated heterocycles. The Morgan fingerprint density at radius 1 is 1.24 bits per heavy atom. The van der Waals surface area contributed by atoms with Gasteiger partial charge < -0.3 is 14.3 Å². The van der Waals surface area contributed by atoms with Crippen LogP contribution >= 0.6 is 15.9 Å². The van der Waals surface area contributed by atoms with E-state index in [0.29, 0.717) is 17.7 Å². The molecule has 2 aromatic carbocycles. The molecule has 0 bridgehead atoms. The number of ether oxygens (including phenoxy) is 1. The Balaban J connectivity index is 1.78. The molecule has 3 rings (SSSR count). The molecule has 0 aliphatic carbocycles. The Kier molecular flexibility index (Phi) is 3.62. The third-order valence-electron chi connectivity index (χ3n) is 2.89. The molecule has 1 aromatic heterocycles. The van der Waals surface area contributed by atoms with Crippen molar-refractivity contribution in [2.45, 2.75) is 6.61 Å². The first-order valence-electron chi connectivity index (χ1n) is 6.13. The van der Waals surface area contributed by atoms with Gasteiger partial charge in [0.2, 0.25) is 0 Å². The number of halogens is 1. The molecular formula is C15H10BrNO4. The molecule has 0 amide bonds. The standard InChI is InChI=1S/C15H10BrNO4/c16-11-4-1-9(2-5-11)8-20-15-17-12-6-3-10(14(18)19)7-13(12)21-15/h1-7H,8H2,(H,18,19). The number of fused-ring (bicyclic) bond motifs is 1. The number of nitrogens with zero attached hydrogens (tertiary/aromatic N) is 1. The lowest BCUT2D eigenvalue weighted by Gasteiger charge is -2.01. The Morgan fingerprint density at radius 3 is 2.71 bits per heavy atom. The predicted molar refractivity (Wildman–Crippen MR) is 79.4 cm³/mol. The molecule has 1 N–H and O–H groups in total. The zero-order chi connectivity index (χ0) is 14.8. The lowest BCUT2D eigenvalue weighted by atomic mass is 10.2. The summed E-state index contributed by atoms with van der Waals surface area (Å²) >= 11 is 3.36. The van der Waals surface area contributed by atoms with Crippen LogP contribution in [0.4, 0.5) is 0 Å². The number of hydrogen-bond donors (Lipinski definition) is 1. The number of rotatable bonds is 4. The molecule has 0 fully saturated rings. The van der Waals surface area contributed by atoms with Crippen LogP contribution in [0.15, 0.2) is 51.4 Å². The molecule has 1 heterocycles. The number of hydrogen-bond acceptors (Lipinski definition) is 4. The topological polar surface area (TPSA) is 72.6 Å². The summed E-state index contributed by atoms with van der Waals surface area (Å²) in [6.07, 6.45) is 0.121. The number of oxazole rings is 1. The van der Waals surface area contributed by atoms with Gasteiger partial charge in [-0.1, -0.05) is 28.1 Å². The normalized spacial score (nSPS) is 10.7. The van der Waals surface area contributed by atoms with Crippen LogP contribution in [0, 0.1) is 0 Å². The van der Waals surface area contributed by atoms with Crippen molar-refractivity contribution in [2.75, 3.05) is 0 Å². The van der Waals surface area contributed by atoms with Crippen molar-refractivity contribution in [3.63, 3.8) is 0 Å². The number of carboxylic acid groups (broad SMARTS) is 1. The highest BCUT2D eigenvalue weighted by Crippen LogP contribution is 2.22. The molecular weight excluding hydrogens is 338 g/mol. The summed E-state index contributed by atoms with van der Waals surface area (Å²) in [6, 6.07) is 12.2. The maximum Gasteiger partial charge on any atom is 0.394 e. The molecule has 21 heavy (non-hydrogen) atoms. The zero-order valence-corrected chi connectivity index (χ0v) is 12.3. The summed E-state index contributed by atoms with van der Waals surface area (Å²) in [5.41, 5.74) is 2.08. The van der Waals surface area contributed by atoms with Gasteiger partial charge in [0, 0.05) is 4.47 Å². The van der Waals surface area contributed by atoms with Crippen LogP contribution < -0.4 is 4.74 Å². The second-order valence-electron chi connectivity index (χ2n) is 4.38. The van der Waals surface area contributed by atoms with Crippen molar-refractivity contribution in [1.82, 2.24) is 4.98 Å². The van der Waals surface area contributed by atoms with Crippen LogP contribution in [0.2, 0.25) is 0 Å². The number of aromatic nitrogens is 1. The summed E-state index contributed by atoms with van der Waals surface area (Å²) < 4.78 is 11.9. The number of aromatic carboxylic acids is 1. The highest BCUT2D eigenvalue weighted by atomic mass is 79.9. The third kappa shape index (κ3) is 3.05. The van der Waals surface area contributed by atoms with Gasteiger partial charge in [-0.25, -0.2) is 4.79 Å². The Labute approximate surface area is 128 Å². The van der Waals surface area contributed by atoms with Gasteiger partial charge in [-0.15, -0.1) is 0 Å². The molecule has 0 spiro atoms. The van der Waals surface area contributed by atoms with E-state index in [1.807, 2.05) is 24.3 Å². The Hall–Kier alpha value is -2.34. The first-order chi connectivity index (χ1) is 10.1. The van der Waals surface area contributed by atoms with E-state index in [-0.39, 0.29) is 11.6 Å². The van der Waals surface area contributed by atoms with Crippen molar-refractivity contribution in [3.8, 4) is 6.08 Å². The van der Waals surface area contributed by atoms with Crippen molar-refractivity contribution < 1.29 is 19.1 Å². The highest BCUT2D eigenvalue weighted by molar-refractivity contribution is 9.10. The predicted octanol–water partition coefficient (Wildman–Crippen LogP) is 3.87. The van der Waals surface area contributed by atoms with Gasteiger partial charge in [-0.3, -0.25) is 0 Å². The van der Waals surface area contributed by atoms with Gasteiger partial charge >= 0.3 is 12.0 Å². The van der Waals surface area contributed by atoms with Gasteiger partial charge in [0.25, 0.3) is 0 Å². The monoisotopic (exact) mass is 347 g/mol. The average molecular weight is 348 g/mol. The molecule has 106 valence electrons. The molecule has 3 aromatic rings. The van der Waals surface area contributed by atoms with Crippen LogP contribution in [-0.2, 0) is 6.61 Å². The van der Waals surface area contributed by atoms with E-state index in [1.165, 1.54) is 12.1 Å². The molecule has 0 saturated carbocycles. The molecule has 0 aliphatic rings. The van der Waals surface area contributed by atoms with E-state index in [4.69, 9.17) is 14.3 Å². The first-order valence-corrected chi connectivity index (χ1v) is 6.92. The van der Waals surface area contributed by atoms with Gasteiger partial charge in [-0.05, 0) is 35.9 Å². The fourth-order valence-corrected chi connectivity index (χ4v) is 2.09. The lowest BCUT2D eigenvalue weighted by molar-refractivity contribution is 0.0697. The smallest absolute Gasteiger partial charge is 0.394 e. The Morgan fingerprint density at radius 2 is 2.00 bits per heavy atom. The highest BCUT2D eigenvalue weighted by Gasteiger charge is 2.10. The fourth-order valence-electron chi connectivity index (χ4n) is 1.82. The quantitative estimate of drug-likeness (QED) is 0.775. The van der Waals surface area contributed by atoms with Gasteiger partial charge in [0.1, 0.15) is 12.1 Å². The second-order valence-corrected chi connectivity index (χ2v) is 5.30. The number of carbonyl (C=O) groups is 1. The minimum Gasteiger partial charge on any atom is -0.478 e. The van der Waals surface area contributed by atoms with E-state index < -0.39 is 5.97 Å². The van der Waals surface area contributed by atoms with E-state index in [2.05, 4.69) is 20.9 Å². The number of benzene rings is 2. The molecule has 6 heteroatoms. The maximum absolute atomic E-state index is 10.9. The van der Waals surface area contributed by atoms with Crippen molar-refractivity contribution in [3.05, 3.63) is 58.1 Å². The second kappa shape index (κ2) is 5.57. The van der Waals surface area contributed by atoms with Gasteiger partial charge in [-0.2, -0.15) is 4.98 Å². The largest absolute Gasteiger partial charge is 0.478 e. The fraction of sp³-hybridized carbons (Fsp3) is 0.0667. The average Bonchev–Trinajstić information content (AvgIpc) is 2.88. The van der Waals surface area contributed by atoms with Gasteiger partial charge in [0.15, 0.2) is 5.58 Å². The van der Waals surface area contributed by atoms with Crippen molar-refractivity contribution in [1.29, 1.82) is 0 Å². The summed E-state index contributed by atoms with van der Waals surface area (Å²) in [4.78, 5) is 15.0. The number of carboxylic acids is 1. The molecule has 0 aliphatic heterocycles. The summed E-state index contributed by atoms with van der Waals surface area (Å²) in [7, 11) is 0. The van der Waals surface area contributed by atoms with E-state index in [1.54, 1.807) is 6.07 Å².